The van der Waals surface area contributed by atoms with Gasteiger partial charge in [0, 0.05) is 0 Å². The maximum absolute atomic E-state index is 11.3. The molecule has 0 aliphatic rings. The van der Waals surface area contributed by atoms with Gasteiger partial charge in [0.1, 0.15) is 0 Å². The van der Waals surface area contributed by atoms with Crippen molar-refractivity contribution in [3.8, 4) is 12.3 Å². The Morgan fingerprint density at radius 3 is 2.79 bits per heavy atom. The van der Waals surface area contributed by atoms with Gasteiger partial charge in [0.15, 0.2) is 0 Å². The van der Waals surface area contributed by atoms with E-state index in [4.69, 9.17) is 6.42 Å². The van der Waals surface area contributed by atoms with Crippen molar-refractivity contribution < 1.29 is 4.79 Å². The van der Waals surface area contributed by atoms with Crippen molar-refractivity contribution in [2.45, 2.75) is 39.2 Å². The van der Waals surface area contributed by atoms with Crippen LogP contribution in [-0.2, 0) is 4.79 Å². The molecule has 0 aliphatic heterocycles. The quantitative estimate of drug-likeness (QED) is 0.469. The molecule has 3 nitrogen and oxygen atoms in total. The van der Waals surface area contributed by atoms with Crippen LogP contribution < -0.4 is 10.6 Å². The van der Waals surface area contributed by atoms with Gasteiger partial charge in [0.25, 0.3) is 0 Å². The fourth-order valence-electron chi connectivity index (χ4n) is 1.08. The predicted octanol–water partition coefficient (Wildman–Crippen LogP) is 0.904. The maximum Gasteiger partial charge on any atom is 0.237 e. The molecule has 2 N–H and O–H groups in total. The first-order valence-corrected chi connectivity index (χ1v) is 5.17. The zero-order chi connectivity index (χ0) is 10.8. The van der Waals surface area contributed by atoms with Crippen LogP contribution in [0.2, 0.25) is 0 Å². The highest BCUT2D eigenvalue weighted by molar-refractivity contribution is 5.81. The van der Waals surface area contributed by atoms with E-state index in [2.05, 4.69) is 23.5 Å². The largest absolute Gasteiger partial charge is 0.344 e. The fraction of sp³-hybridized carbons (Fsp3) is 0.727. The van der Waals surface area contributed by atoms with Crippen LogP contribution >= 0.6 is 0 Å². The molecule has 0 aromatic heterocycles. The van der Waals surface area contributed by atoms with Crippen LogP contribution in [0.4, 0.5) is 0 Å². The van der Waals surface area contributed by atoms with Crippen molar-refractivity contribution in [2.75, 3.05) is 13.1 Å². The van der Waals surface area contributed by atoms with Crippen LogP contribution in [0.3, 0.4) is 0 Å². The zero-order valence-corrected chi connectivity index (χ0v) is 9.10. The first kappa shape index (κ1) is 13.0. The minimum absolute atomic E-state index is 0.0283. The molecule has 14 heavy (non-hydrogen) atoms. The summed E-state index contributed by atoms with van der Waals surface area (Å²) in [6.45, 7) is 5.19. The predicted molar refractivity (Wildman–Crippen MR) is 58.8 cm³/mol. The number of carbonyl (C=O) groups is 1. The average molecular weight is 196 g/mol. The molecule has 0 heterocycles. The van der Waals surface area contributed by atoms with Crippen LogP contribution in [0.1, 0.15) is 33.1 Å². The van der Waals surface area contributed by atoms with E-state index in [1.54, 1.807) is 0 Å². The molecule has 1 atom stereocenters. The highest BCUT2D eigenvalue weighted by Gasteiger charge is 2.09. The Balaban J connectivity index is 3.47. The Kier molecular flexibility index (Phi) is 7.96. The molecule has 0 saturated carbocycles. The summed E-state index contributed by atoms with van der Waals surface area (Å²) in [5.41, 5.74) is 0. The molecule has 0 radical (unpaired) electrons. The van der Waals surface area contributed by atoms with Crippen molar-refractivity contribution in [1.29, 1.82) is 0 Å². The Hall–Kier alpha value is -1.01. The Morgan fingerprint density at radius 1 is 1.50 bits per heavy atom. The van der Waals surface area contributed by atoms with Gasteiger partial charge in [-0.2, -0.15) is 0 Å². The Bertz CT molecular complexity index is 196. The van der Waals surface area contributed by atoms with Crippen molar-refractivity contribution in [2.24, 2.45) is 0 Å². The van der Waals surface area contributed by atoms with Crippen LogP contribution in [0.5, 0.6) is 0 Å². The lowest BCUT2D eigenvalue weighted by molar-refractivity contribution is -0.122. The third-order valence-electron chi connectivity index (χ3n) is 1.99. The summed E-state index contributed by atoms with van der Waals surface area (Å²) in [4.78, 5) is 11.3. The summed E-state index contributed by atoms with van der Waals surface area (Å²) >= 11 is 0. The first-order valence-electron chi connectivity index (χ1n) is 5.17. The minimum atomic E-state index is -0.153. The van der Waals surface area contributed by atoms with Gasteiger partial charge in [0.05, 0.1) is 12.6 Å². The number of nitrogens with one attached hydrogen (secondary N) is 2. The topological polar surface area (TPSA) is 41.1 Å². The van der Waals surface area contributed by atoms with Gasteiger partial charge in [-0.3, -0.25) is 4.79 Å². The van der Waals surface area contributed by atoms with Crippen molar-refractivity contribution in [3.63, 3.8) is 0 Å². The summed E-state index contributed by atoms with van der Waals surface area (Å²) in [7, 11) is 0. The monoisotopic (exact) mass is 196 g/mol. The summed E-state index contributed by atoms with van der Waals surface area (Å²) in [5.74, 6) is 2.34. The highest BCUT2D eigenvalue weighted by atomic mass is 16.2. The summed E-state index contributed by atoms with van der Waals surface area (Å²) in [5, 5.41) is 5.78. The molecule has 0 spiro atoms. The number of hydrogen-bond acceptors (Lipinski definition) is 2. The molecule has 0 rings (SSSR count). The molecule has 3 heteroatoms. The molecule has 80 valence electrons. The second-order valence-electron chi connectivity index (χ2n) is 3.30. The van der Waals surface area contributed by atoms with Crippen LogP contribution in [0.25, 0.3) is 0 Å². The third-order valence-corrected chi connectivity index (χ3v) is 1.99. The molecule has 0 aromatic rings. The Labute approximate surface area is 86.6 Å². The average Bonchev–Trinajstić information content (AvgIpc) is 2.20. The molecule has 0 aliphatic carbocycles. The number of carbonyl (C=O) groups excluding carboxylic acids is 1. The van der Waals surface area contributed by atoms with Crippen molar-refractivity contribution in [1.82, 2.24) is 10.6 Å². The fourth-order valence-corrected chi connectivity index (χ4v) is 1.08. The van der Waals surface area contributed by atoms with Gasteiger partial charge in [-0.25, -0.2) is 0 Å². The number of rotatable bonds is 7. The lowest BCUT2D eigenvalue weighted by atomic mass is 10.2. The van der Waals surface area contributed by atoms with Gasteiger partial charge in [-0.15, -0.1) is 6.42 Å². The van der Waals surface area contributed by atoms with E-state index in [0.29, 0.717) is 6.54 Å². The molecular formula is C11H20N2O. The minimum Gasteiger partial charge on any atom is -0.344 e. The van der Waals surface area contributed by atoms with E-state index in [0.717, 1.165) is 13.0 Å². The number of hydrogen-bond donors (Lipinski definition) is 2. The van der Waals surface area contributed by atoms with Gasteiger partial charge in [-0.1, -0.05) is 25.7 Å². The lowest BCUT2D eigenvalue weighted by Crippen LogP contribution is -2.42. The van der Waals surface area contributed by atoms with Gasteiger partial charge >= 0.3 is 0 Å². The summed E-state index contributed by atoms with van der Waals surface area (Å²) in [6.07, 6.45) is 8.54. The van der Waals surface area contributed by atoms with Crippen LogP contribution in [-0.4, -0.2) is 25.0 Å². The van der Waals surface area contributed by atoms with Crippen molar-refractivity contribution >= 4 is 5.91 Å². The van der Waals surface area contributed by atoms with Crippen LogP contribution in [0, 0.1) is 12.3 Å². The van der Waals surface area contributed by atoms with Gasteiger partial charge < -0.3 is 10.6 Å². The van der Waals surface area contributed by atoms with Crippen molar-refractivity contribution in [3.05, 3.63) is 0 Å². The van der Waals surface area contributed by atoms with Crippen LogP contribution in [0.15, 0.2) is 0 Å². The molecule has 1 amide bonds. The molecule has 0 fully saturated rings. The Morgan fingerprint density at radius 2 is 2.21 bits per heavy atom. The molecule has 0 bridgehead atoms. The summed E-state index contributed by atoms with van der Waals surface area (Å²) < 4.78 is 0. The van der Waals surface area contributed by atoms with E-state index in [1.165, 1.54) is 12.8 Å². The van der Waals surface area contributed by atoms with E-state index >= 15 is 0 Å². The summed E-state index contributed by atoms with van der Waals surface area (Å²) in [6, 6.07) is -0.153. The maximum atomic E-state index is 11.3. The van der Waals surface area contributed by atoms with E-state index in [1.807, 2.05) is 6.92 Å². The smallest absolute Gasteiger partial charge is 0.237 e. The van der Waals surface area contributed by atoms with Gasteiger partial charge in [-0.05, 0) is 19.9 Å². The number of amides is 1. The van der Waals surface area contributed by atoms with Gasteiger partial charge in [0.2, 0.25) is 5.91 Å². The second-order valence-corrected chi connectivity index (χ2v) is 3.30. The lowest BCUT2D eigenvalue weighted by Gasteiger charge is -2.12. The van der Waals surface area contributed by atoms with E-state index < -0.39 is 0 Å². The molecule has 1 unspecified atom stereocenters. The normalized spacial score (nSPS) is 11.8. The number of terminal acetylenes is 1. The molecule has 0 aromatic carbocycles. The zero-order valence-electron chi connectivity index (χ0n) is 9.10. The van der Waals surface area contributed by atoms with E-state index in [9.17, 15) is 4.79 Å². The second kappa shape index (κ2) is 8.58. The van der Waals surface area contributed by atoms with E-state index in [-0.39, 0.29) is 11.9 Å². The standard InChI is InChI=1S/C11H20N2O/c1-4-6-7-9-12-10(3)11(14)13-8-5-2/h2,10,12H,4,6-9H2,1,3H3,(H,13,14). The third kappa shape index (κ3) is 6.50. The highest BCUT2D eigenvalue weighted by Crippen LogP contribution is 1.92. The molecular weight excluding hydrogens is 176 g/mol. The first-order chi connectivity index (χ1) is 6.72. The SMILES string of the molecule is C#CCNC(=O)C(C)NCCCCC. The molecule has 0 saturated heterocycles. The number of unbranched alkanes of at least 4 members (excludes halogenated alkanes) is 2.